The Morgan fingerprint density at radius 1 is 1.29 bits per heavy atom. The zero-order valence-electron chi connectivity index (χ0n) is 10.4. The molecule has 1 aromatic carbocycles. The largest absolute Gasteiger partial charge is 0.490 e. The highest BCUT2D eigenvalue weighted by Gasteiger charge is 2.04. The fourth-order valence-corrected chi connectivity index (χ4v) is 1.94. The van der Waals surface area contributed by atoms with Gasteiger partial charge in [-0.05, 0) is 37.7 Å². The van der Waals surface area contributed by atoms with Crippen LogP contribution in [-0.4, -0.2) is 31.1 Å². The van der Waals surface area contributed by atoms with E-state index in [2.05, 4.69) is 34.7 Å². The lowest BCUT2D eigenvalue weighted by Crippen LogP contribution is -2.25. The standard InChI is InChI=1S/C13H19BrFNO/c1-3-16(4-2)8-5-9-17-13-7-6-11(14)10-12(13)15/h6-7,10H,3-5,8-9H2,1-2H3. The summed E-state index contributed by atoms with van der Waals surface area (Å²) in [6.07, 6.45) is 0.914. The molecule has 0 heterocycles. The van der Waals surface area contributed by atoms with Gasteiger partial charge >= 0.3 is 0 Å². The molecule has 96 valence electrons. The zero-order valence-corrected chi connectivity index (χ0v) is 12.0. The van der Waals surface area contributed by atoms with E-state index in [1.165, 1.54) is 6.07 Å². The van der Waals surface area contributed by atoms with Gasteiger partial charge in [0.25, 0.3) is 0 Å². The van der Waals surface area contributed by atoms with Crippen LogP contribution in [0.2, 0.25) is 0 Å². The van der Waals surface area contributed by atoms with Crippen LogP contribution in [0.15, 0.2) is 22.7 Å². The number of nitrogens with zero attached hydrogens (tertiary/aromatic N) is 1. The van der Waals surface area contributed by atoms with E-state index in [9.17, 15) is 4.39 Å². The molecule has 0 radical (unpaired) electrons. The second-order valence-electron chi connectivity index (χ2n) is 3.80. The van der Waals surface area contributed by atoms with Gasteiger partial charge in [-0.3, -0.25) is 0 Å². The first-order chi connectivity index (χ1) is 8.17. The number of halogens is 2. The third-order valence-electron chi connectivity index (χ3n) is 2.66. The molecule has 0 saturated carbocycles. The SMILES string of the molecule is CCN(CC)CCCOc1ccc(Br)cc1F. The number of hydrogen-bond acceptors (Lipinski definition) is 2. The lowest BCUT2D eigenvalue weighted by molar-refractivity contribution is 0.243. The van der Waals surface area contributed by atoms with E-state index in [4.69, 9.17) is 4.74 Å². The Kier molecular flexibility index (Phi) is 6.52. The average Bonchev–Trinajstić information content (AvgIpc) is 2.32. The normalized spacial score (nSPS) is 10.9. The van der Waals surface area contributed by atoms with Crippen LogP contribution in [0.1, 0.15) is 20.3 Å². The summed E-state index contributed by atoms with van der Waals surface area (Å²) in [6, 6.07) is 4.85. The second kappa shape index (κ2) is 7.67. The Bertz CT molecular complexity index is 342. The van der Waals surface area contributed by atoms with Crippen LogP contribution < -0.4 is 4.74 Å². The average molecular weight is 304 g/mol. The topological polar surface area (TPSA) is 12.5 Å². The first kappa shape index (κ1) is 14.5. The third-order valence-corrected chi connectivity index (χ3v) is 3.16. The molecule has 0 atom stereocenters. The van der Waals surface area contributed by atoms with Crippen molar-refractivity contribution in [3.05, 3.63) is 28.5 Å². The molecule has 0 N–H and O–H groups in total. The number of benzene rings is 1. The quantitative estimate of drug-likeness (QED) is 0.712. The summed E-state index contributed by atoms with van der Waals surface area (Å²) in [4.78, 5) is 2.32. The molecule has 0 spiro atoms. The van der Waals surface area contributed by atoms with E-state index in [0.717, 1.165) is 30.5 Å². The van der Waals surface area contributed by atoms with Crippen molar-refractivity contribution < 1.29 is 9.13 Å². The molecule has 0 aliphatic carbocycles. The summed E-state index contributed by atoms with van der Waals surface area (Å²) < 4.78 is 19.5. The predicted molar refractivity (Wildman–Crippen MR) is 72.0 cm³/mol. The number of rotatable bonds is 7. The lowest BCUT2D eigenvalue weighted by atomic mass is 10.3. The van der Waals surface area contributed by atoms with Gasteiger partial charge in [0.05, 0.1) is 6.61 Å². The highest BCUT2D eigenvalue weighted by molar-refractivity contribution is 9.10. The van der Waals surface area contributed by atoms with E-state index in [-0.39, 0.29) is 5.82 Å². The van der Waals surface area contributed by atoms with Gasteiger partial charge in [0, 0.05) is 11.0 Å². The highest BCUT2D eigenvalue weighted by Crippen LogP contribution is 2.21. The van der Waals surface area contributed by atoms with Gasteiger partial charge in [0.1, 0.15) is 0 Å². The molecule has 0 fully saturated rings. The van der Waals surface area contributed by atoms with E-state index in [1.807, 2.05) is 0 Å². The second-order valence-corrected chi connectivity index (χ2v) is 4.72. The van der Waals surface area contributed by atoms with E-state index < -0.39 is 0 Å². The molecule has 0 saturated heterocycles. The van der Waals surface area contributed by atoms with Gasteiger partial charge in [-0.2, -0.15) is 0 Å². The molecule has 2 nitrogen and oxygen atoms in total. The minimum Gasteiger partial charge on any atom is -0.490 e. The summed E-state index contributed by atoms with van der Waals surface area (Å²) >= 11 is 3.21. The Labute approximate surface area is 111 Å². The van der Waals surface area contributed by atoms with Crippen molar-refractivity contribution >= 4 is 15.9 Å². The number of hydrogen-bond donors (Lipinski definition) is 0. The van der Waals surface area contributed by atoms with Crippen molar-refractivity contribution in [3.8, 4) is 5.75 Å². The first-order valence-electron chi connectivity index (χ1n) is 5.97. The molecule has 0 bridgehead atoms. The fraction of sp³-hybridized carbons (Fsp3) is 0.538. The van der Waals surface area contributed by atoms with Gasteiger partial charge in [0.2, 0.25) is 0 Å². The minimum absolute atomic E-state index is 0.317. The Hall–Kier alpha value is -0.610. The highest BCUT2D eigenvalue weighted by atomic mass is 79.9. The molecule has 0 unspecified atom stereocenters. The lowest BCUT2D eigenvalue weighted by Gasteiger charge is -2.17. The van der Waals surface area contributed by atoms with Crippen molar-refractivity contribution in [3.63, 3.8) is 0 Å². The third kappa shape index (κ3) is 5.04. The Balaban J connectivity index is 2.31. The predicted octanol–water partition coefficient (Wildman–Crippen LogP) is 3.70. The zero-order chi connectivity index (χ0) is 12.7. The summed E-state index contributed by atoms with van der Waals surface area (Å²) in [5.74, 6) is 0.00922. The van der Waals surface area contributed by atoms with Gasteiger partial charge in [-0.15, -0.1) is 0 Å². The van der Waals surface area contributed by atoms with Gasteiger partial charge < -0.3 is 9.64 Å². The van der Waals surface area contributed by atoms with Gasteiger partial charge in [0.15, 0.2) is 11.6 Å². The molecule has 1 aromatic rings. The van der Waals surface area contributed by atoms with Gasteiger partial charge in [-0.25, -0.2) is 4.39 Å². The summed E-state index contributed by atoms with van der Waals surface area (Å²) in [7, 11) is 0. The molecule has 4 heteroatoms. The summed E-state index contributed by atoms with van der Waals surface area (Å²) in [6.45, 7) is 7.91. The maximum atomic E-state index is 13.4. The number of ether oxygens (including phenoxy) is 1. The van der Waals surface area contributed by atoms with Crippen LogP contribution in [0.3, 0.4) is 0 Å². The molecule has 0 aliphatic rings. The monoisotopic (exact) mass is 303 g/mol. The maximum Gasteiger partial charge on any atom is 0.166 e. The van der Waals surface area contributed by atoms with Crippen LogP contribution in [0.25, 0.3) is 0 Å². The molecule has 17 heavy (non-hydrogen) atoms. The van der Waals surface area contributed by atoms with Crippen molar-refractivity contribution in [1.82, 2.24) is 4.90 Å². The molecule has 0 aliphatic heterocycles. The fourth-order valence-electron chi connectivity index (χ4n) is 1.60. The van der Waals surface area contributed by atoms with Crippen LogP contribution in [0, 0.1) is 5.82 Å². The molecular formula is C13H19BrFNO. The maximum absolute atomic E-state index is 13.4. The van der Waals surface area contributed by atoms with Crippen LogP contribution >= 0.6 is 15.9 Å². The van der Waals surface area contributed by atoms with Crippen molar-refractivity contribution in [2.75, 3.05) is 26.2 Å². The van der Waals surface area contributed by atoms with Crippen molar-refractivity contribution in [2.45, 2.75) is 20.3 Å². The first-order valence-corrected chi connectivity index (χ1v) is 6.76. The Morgan fingerprint density at radius 2 is 2.00 bits per heavy atom. The van der Waals surface area contributed by atoms with E-state index >= 15 is 0 Å². The Morgan fingerprint density at radius 3 is 2.59 bits per heavy atom. The van der Waals surface area contributed by atoms with Crippen LogP contribution in [0.5, 0.6) is 5.75 Å². The molecule has 0 aromatic heterocycles. The summed E-state index contributed by atoms with van der Waals surface area (Å²) in [5, 5.41) is 0. The minimum atomic E-state index is -0.317. The van der Waals surface area contributed by atoms with Crippen LogP contribution in [0.4, 0.5) is 4.39 Å². The van der Waals surface area contributed by atoms with Crippen molar-refractivity contribution in [1.29, 1.82) is 0 Å². The van der Waals surface area contributed by atoms with E-state index in [0.29, 0.717) is 12.4 Å². The molecule has 0 amide bonds. The molecular weight excluding hydrogens is 285 g/mol. The smallest absolute Gasteiger partial charge is 0.166 e. The molecule has 1 rings (SSSR count). The van der Waals surface area contributed by atoms with Gasteiger partial charge in [-0.1, -0.05) is 29.8 Å². The van der Waals surface area contributed by atoms with E-state index in [1.54, 1.807) is 12.1 Å². The van der Waals surface area contributed by atoms with Crippen LogP contribution in [-0.2, 0) is 0 Å². The summed E-state index contributed by atoms with van der Waals surface area (Å²) in [5.41, 5.74) is 0. The van der Waals surface area contributed by atoms with Crippen molar-refractivity contribution in [2.24, 2.45) is 0 Å².